The van der Waals surface area contributed by atoms with E-state index >= 15 is 0 Å². The molecule has 2 rings (SSSR count). The summed E-state index contributed by atoms with van der Waals surface area (Å²) in [7, 11) is 0. The van der Waals surface area contributed by atoms with Crippen molar-refractivity contribution >= 4 is 27.1 Å². The first-order valence-corrected chi connectivity index (χ1v) is 3.96. The third-order valence-electron chi connectivity index (χ3n) is 1.53. The average Bonchev–Trinajstić information content (AvgIpc) is 2.45. The molecule has 0 atom stereocenters. The molecule has 0 saturated carbocycles. The number of hydrogen-bond donors (Lipinski definition) is 1. The lowest BCUT2D eigenvalue weighted by molar-refractivity contribution is 0.938. The lowest BCUT2D eigenvalue weighted by Gasteiger charge is -1.99. The highest BCUT2D eigenvalue weighted by atomic mass is 79.9. The molecule has 2 heterocycles. The Hall–Kier alpha value is -1.03. The van der Waals surface area contributed by atoms with Crippen molar-refractivity contribution in [3.05, 3.63) is 29.0 Å². The number of nitrogen functional groups attached to an aromatic ring is 1. The zero-order chi connectivity index (χ0) is 7.84. The second-order valence-electron chi connectivity index (χ2n) is 2.25. The van der Waals surface area contributed by atoms with Gasteiger partial charge in [-0.3, -0.25) is 0 Å². The molecule has 0 amide bonds. The smallest absolute Gasteiger partial charge is 0.131 e. The van der Waals surface area contributed by atoms with Gasteiger partial charge < -0.3 is 5.73 Å². The Bertz CT molecular complexity index is 393. The van der Waals surface area contributed by atoms with Crippen molar-refractivity contribution < 1.29 is 0 Å². The fourth-order valence-corrected chi connectivity index (χ4v) is 1.40. The predicted molar refractivity (Wildman–Crippen MR) is 47.3 cm³/mol. The second-order valence-corrected chi connectivity index (χ2v) is 3.00. The third-order valence-corrected chi connectivity index (χ3v) is 2.32. The molecule has 4 heteroatoms. The summed E-state index contributed by atoms with van der Waals surface area (Å²) in [6.45, 7) is 0. The number of rotatable bonds is 0. The van der Waals surface area contributed by atoms with Crippen molar-refractivity contribution in [1.82, 2.24) is 9.61 Å². The topological polar surface area (TPSA) is 43.3 Å². The molecule has 0 saturated heterocycles. The average molecular weight is 212 g/mol. The van der Waals surface area contributed by atoms with E-state index in [1.54, 1.807) is 10.7 Å². The van der Waals surface area contributed by atoms with E-state index in [0.717, 1.165) is 10.1 Å². The number of fused-ring (bicyclic) bond motifs is 1. The molecule has 2 aromatic rings. The highest BCUT2D eigenvalue weighted by molar-refractivity contribution is 9.10. The van der Waals surface area contributed by atoms with Gasteiger partial charge in [0.05, 0.1) is 17.4 Å². The summed E-state index contributed by atoms with van der Waals surface area (Å²) in [5, 5.41) is 4.07. The number of hydrogen-bond acceptors (Lipinski definition) is 2. The van der Waals surface area contributed by atoms with Crippen LogP contribution < -0.4 is 5.73 Å². The van der Waals surface area contributed by atoms with Gasteiger partial charge in [-0.2, -0.15) is 5.10 Å². The summed E-state index contributed by atoms with van der Waals surface area (Å²) in [5.41, 5.74) is 7.37. The van der Waals surface area contributed by atoms with Gasteiger partial charge in [0, 0.05) is 0 Å². The van der Waals surface area contributed by atoms with Gasteiger partial charge in [0.1, 0.15) is 4.60 Å². The lowest BCUT2D eigenvalue weighted by atomic mass is 10.4. The molecule has 0 aliphatic rings. The van der Waals surface area contributed by atoms with Crippen molar-refractivity contribution in [1.29, 1.82) is 0 Å². The van der Waals surface area contributed by atoms with Crippen LogP contribution >= 0.6 is 15.9 Å². The number of anilines is 1. The highest BCUT2D eigenvalue weighted by Crippen LogP contribution is 2.19. The maximum absolute atomic E-state index is 5.64. The van der Waals surface area contributed by atoms with E-state index in [1.807, 2.05) is 18.2 Å². The second kappa shape index (κ2) is 2.23. The Labute approximate surface area is 71.9 Å². The Morgan fingerprint density at radius 2 is 2.18 bits per heavy atom. The molecule has 11 heavy (non-hydrogen) atoms. The van der Waals surface area contributed by atoms with Gasteiger partial charge in [0.15, 0.2) is 0 Å². The van der Waals surface area contributed by atoms with Crippen molar-refractivity contribution in [3.8, 4) is 0 Å². The van der Waals surface area contributed by atoms with Crippen LogP contribution in [0.15, 0.2) is 29.0 Å². The van der Waals surface area contributed by atoms with Crippen LogP contribution in [-0.2, 0) is 0 Å². The molecule has 0 unspecified atom stereocenters. The zero-order valence-electron chi connectivity index (χ0n) is 5.66. The molecule has 0 aliphatic carbocycles. The van der Waals surface area contributed by atoms with E-state index in [4.69, 9.17) is 5.73 Å². The van der Waals surface area contributed by atoms with Crippen LogP contribution in [0.1, 0.15) is 0 Å². The van der Waals surface area contributed by atoms with Crippen LogP contribution in [0.4, 0.5) is 5.69 Å². The van der Waals surface area contributed by atoms with Crippen LogP contribution in [0.25, 0.3) is 5.52 Å². The van der Waals surface area contributed by atoms with Gasteiger partial charge in [-0.25, -0.2) is 4.52 Å². The standard InChI is InChI=1S/C7H6BrN3/c8-7-6(9)2-1-5-3-4-10-11(5)7/h1-4H,9H2. The normalized spacial score (nSPS) is 10.6. The maximum Gasteiger partial charge on any atom is 0.131 e. The number of pyridine rings is 1. The molecular weight excluding hydrogens is 206 g/mol. The summed E-state index contributed by atoms with van der Waals surface area (Å²) in [5.74, 6) is 0. The van der Waals surface area contributed by atoms with E-state index in [1.165, 1.54) is 0 Å². The summed E-state index contributed by atoms with van der Waals surface area (Å²) >= 11 is 3.34. The molecule has 2 N–H and O–H groups in total. The molecule has 0 bridgehead atoms. The largest absolute Gasteiger partial charge is 0.397 e. The van der Waals surface area contributed by atoms with Crippen molar-refractivity contribution in [3.63, 3.8) is 0 Å². The van der Waals surface area contributed by atoms with Gasteiger partial charge >= 0.3 is 0 Å². The first kappa shape index (κ1) is 6.67. The fraction of sp³-hybridized carbons (Fsp3) is 0. The number of halogens is 1. The van der Waals surface area contributed by atoms with Crippen molar-refractivity contribution in [2.24, 2.45) is 0 Å². The molecule has 2 aromatic heterocycles. The maximum atomic E-state index is 5.64. The Kier molecular flexibility index (Phi) is 1.35. The minimum atomic E-state index is 0.696. The van der Waals surface area contributed by atoms with Gasteiger partial charge in [0.25, 0.3) is 0 Å². The summed E-state index contributed by atoms with van der Waals surface area (Å²) in [6.07, 6.45) is 1.74. The summed E-state index contributed by atoms with van der Waals surface area (Å²) in [6, 6.07) is 5.69. The van der Waals surface area contributed by atoms with Gasteiger partial charge in [-0.05, 0) is 34.1 Å². The number of aromatic nitrogens is 2. The number of nitrogens with two attached hydrogens (primary N) is 1. The lowest BCUT2D eigenvalue weighted by Crippen LogP contribution is -1.94. The summed E-state index contributed by atoms with van der Waals surface area (Å²) in [4.78, 5) is 0. The van der Waals surface area contributed by atoms with Crippen LogP contribution in [-0.4, -0.2) is 9.61 Å². The molecule has 0 aliphatic heterocycles. The highest BCUT2D eigenvalue weighted by Gasteiger charge is 2.00. The quantitative estimate of drug-likeness (QED) is 0.675. The van der Waals surface area contributed by atoms with Crippen molar-refractivity contribution in [2.45, 2.75) is 0 Å². The van der Waals surface area contributed by atoms with E-state index < -0.39 is 0 Å². The molecule has 3 nitrogen and oxygen atoms in total. The van der Waals surface area contributed by atoms with Crippen LogP contribution in [0.5, 0.6) is 0 Å². The van der Waals surface area contributed by atoms with E-state index in [-0.39, 0.29) is 0 Å². The Morgan fingerprint density at radius 3 is 3.00 bits per heavy atom. The summed E-state index contributed by atoms with van der Waals surface area (Å²) < 4.78 is 2.55. The van der Waals surface area contributed by atoms with Crippen LogP contribution in [0, 0.1) is 0 Å². The third kappa shape index (κ3) is 0.903. The minimum absolute atomic E-state index is 0.696. The van der Waals surface area contributed by atoms with E-state index in [2.05, 4.69) is 21.0 Å². The Balaban J connectivity index is 2.93. The zero-order valence-corrected chi connectivity index (χ0v) is 7.25. The molecule has 0 aromatic carbocycles. The molecule has 0 spiro atoms. The van der Waals surface area contributed by atoms with E-state index in [0.29, 0.717) is 5.69 Å². The van der Waals surface area contributed by atoms with Crippen LogP contribution in [0.2, 0.25) is 0 Å². The van der Waals surface area contributed by atoms with Crippen LogP contribution in [0.3, 0.4) is 0 Å². The monoisotopic (exact) mass is 211 g/mol. The molecule has 0 radical (unpaired) electrons. The SMILES string of the molecule is Nc1ccc2ccnn2c1Br. The molecule has 0 fully saturated rings. The first-order chi connectivity index (χ1) is 5.29. The fourth-order valence-electron chi connectivity index (χ4n) is 0.970. The predicted octanol–water partition coefficient (Wildman–Crippen LogP) is 1.68. The van der Waals surface area contributed by atoms with Crippen molar-refractivity contribution in [2.75, 3.05) is 5.73 Å². The molecular formula is C7H6BrN3. The van der Waals surface area contributed by atoms with Gasteiger partial charge in [0.2, 0.25) is 0 Å². The Morgan fingerprint density at radius 1 is 1.36 bits per heavy atom. The first-order valence-electron chi connectivity index (χ1n) is 3.17. The van der Waals surface area contributed by atoms with Gasteiger partial charge in [-0.1, -0.05) is 0 Å². The van der Waals surface area contributed by atoms with Gasteiger partial charge in [-0.15, -0.1) is 0 Å². The number of nitrogens with zero attached hydrogens (tertiary/aromatic N) is 2. The molecule has 56 valence electrons. The minimum Gasteiger partial charge on any atom is -0.397 e. The van der Waals surface area contributed by atoms with E-state index in [9.17, 15) is 0 Å².